The Balaban J connectivity index is 1.76. The van der Waals surface area contributed by atoms with Gasteiger partial charge in [0.05, 0.1) is 12.7 Å². The summed E-state index contributed by atoms with van der Waals surface area (Å²) < 4.78 is 6.76. The zero-order valence-electron chi connectivity index (χ0n) is 10.4. The van der Waals surface area contributed by atoms with Gasteiger partial charge in [-0.05, 0) is 34.7 Å². The van der Waals surface area contributed by atoms with Gasteiger partial charge in [-0.15, -0.1) is 11.3 Å². The Morgan fingerprint density at radius 1 is 1.37 bits per heavy atom. The van der Waals surface area contributed by atoms with Crippen LogP contribution in [0.15, 0.2) is 34.1 Å². The summed E-state index contributed by atoms with van der Waals surface area (Å²) in [6.07, 6.45) is 1.95. The third-order valence-electron chi connectivity index (χ3n) is 3.30. The molecule has 1 N–H and O–H groups in total. The molecule has 0 amide bonds. The highest BCUT2D eigenvalue weighted by molar-refractivity contribution is 9.10. The summed E-state index contributed by atoms with van der Waals surface area (Å²) in [7, 11) is 0. The van der Waals surface area contributed by atoms with Gasteiger partial charge in [0.25, 0.3) is 0 Å². The second-order valence-electron chi connectivity index (χ2n) is 4.79. The fourth-order valence-electron chi connectivity index (χ4n) is 2.48. The third kappa shape index (κ3) is 3.02. The van der Waals surface area contributed by atoms with Gasteiger partial charge in [0.15, 0.2) is 0 Å². The molecule has 2 nitrogen and oxygen atoms in total. The summed E-state index contributed by atoms with van der Waals surface area (Å²) in [5.41, 5.74) is 2.35. The standard InChI is InChI=1S/C15H15BrO2S/c16-12-6-10-3-4-18-15(10)11(7-12)8-13(17)9-14-2-1-5-19-14/h1-2,5-7,13,17H,3-4,8-9H2. The summed E-state index contributed by atoms with van der Waals surface area (Å²) in [5.74, 6) is 0.980. The first kappa shape index (κ1) is 13.2. The molecule has 0 aliphatic carbocycles. The number of thiophene rings is 1. The van der Waals surface area contributed by atoms with Crippen LogP contribution >= 0.6 is 27.3 Å². The molecule has 1 aliphatic heterocycles. The molecular weight excluding hydrogens is 324 g/mol. The van der Waals surface area contributed by atoms with E-state index in [4.69, 9.17) is 4.74 Å². The molecule has 1 unspecified atom stereocenters. The van der Waals surface area contributed by atoms with E-state index in [-0.39, 0.29) is 6.10 Å². The van der Waals surface area contributed by atoms with Gasteiger partial charge in [-0.2, -0.15) is 0 Å². The van der Waals surface area contributed by atoms with Crippen LogP contribution in [0, 0.1) is 0 Å². The van der Waals surface area contributed by atoms with Gasteiger partial charge >= 0.3 is 0 Å². The van der Waals surface area contributed by atoms with Crippen LogP contribution in [0.25, 0.3) is 0 Å². The fourth-order valence-corrected chi connectivity index (χ4v) is 3.81. The molecule has 1 aromatic heterocycles. The Morgan fingerprint density at radius 2 is 2.26 bits per heavy atom. The van der Waals surface area contributed by atoms with Crippen LogP contribution in [0.4, 0.5) is 0 Å². The maximum Gasteiger partial charge on any atom is 0.125 e. The molecule has 0 saturated heterocycles. The molecular formula is C15H15BrO2S. The van der Waals surface area contributed by atoms with Crippen molar-refractivity contribution in [3.8, 4) is 5.75 Å². The molecule has 1 aromatic carbocycles. The van der Waals surface area contributed by atoms with Crippen LogP contribution in [0.2, 0.25) is 0 Å². The summed E-state index contributed by atoms with van der Waals surface area (Å²) >= 11 is 5.22. The number of aliphatic hydroxyl groups excluding tert-OH is 1. The smallest absolute Gasteiger partial charge is 0.125 e. The minimum Gasteiger partial charge on any atom is -0.493 e. The molecule has 0 fully saturated rings. The number of halogens is 1. The molecule has 1 atom stereocenters. The van der Waals surface area contributed by atoms with Crippen molar-refractivity contribution in [2.24, 2.45) is 0 Å². The summed E-state index contributed by atoms with van der Waals surface area (Å²) in [4.78, 5) is 1.22. The van der Waals surface area contributed by atoms with Crippen molar-refractivity contribution in [2.45, 2.75) is 25.4 Å². The van der Waals surface area contributed by atoms with Crippen molar-refractivity contribution >= 4 is 27.3 Å². The molecule has 4 heteroatoms. The summed E-state index contributed by atoms with van der Waals surface area (Å²) in [6.45, 7) is 0.750. The van der Waals surface area contributed by atoms with E-state index in [9.17, 15) is 5.11 Å². The van der Waals surface area contributed by atoms with Crippen LogP contribution < -0.4 is 4.74 Å². The lowest BCUT2D eigenvalue weighted by molar-refractivity contribution is 0.175. The molecule has 100 valence electrons. The lowest BCUT2D eigenvalue weighted by Gasteiger charge is -2.13. The number of rotatable bonds is 4. The fraction of sp³-hybridized carbons (Fsp3) is 0.333. The van der Waals surface area contributed by atoms with Gasteiger partial charge in [0, 0.05) is 28.6 Å². The highest BCUT2D eigenvalue weighted by Crippen LogP contribution is 2.34. The number of hydrogen-bond donors (Lipinski definition) is 1. The topological polar surface area (TPSA) is 29.5 Å². The number of ether oxygens (including phenoxy) is 1. The maximum absolute atomic E-state index is 10.2. The van der Waals surface area contributed by atoms with Crippen molar-refractivity contribution in [3.63, 3.8) is 0 Å². The van der Waals surface area contributed by atoms with Crippen molar-refractivity contribution in [1.82, 2.24) is 0 Å². The zero-order valence-corrected chi connectivity index (χ0v) is 12.8. The second kappa shape index (κ2) is 5.65. The molecule has 0 spiro atoms. The highest BCUT2D eigenvalue weighted by Gasteiger charge is 2.19. The first-order chi connectivity index (χ1) is 9.22. The van der Waals surface area contributed by atoms with Crippen LogP contribution in [-0.4, -0.2) is 17.8 Å². The number of hydrogen-bond acceptors (Lipinski definition) is 3. The van der Waals surface area contributed by atoms with Crippen molar-refractivity contribution < 1.29 is 9.84 Å². The van der Waals surface area contributed by atoms with E-state index >= 15 is 0 Å². The van der Waals surface area contributed by atoms with Gasteiger partial charge in [0.1, 0.15) is 5.75 Å². The Labute approximate surface area is 125 Å². The second-order valence-corrected chi connectivity index (χ2v) is 6.74. The van der Waals surface area contributed by atoms with Gasteiger partial charge in [-0.25, -0.2) is 0 Å². The number of aliphatic hydroxyl groups is 1. The Hall–Kier alpha value is -0.840. The molecule has 19 heavy (non-hydrogen) atoms. The molecule has 2 heterocycles. The minimum atomic E-state index is -0.360. The predicted molar refractivity (Wildman–Crippen MR) is 81.1 cm³/mol. The predicted octanol–water partition coefficient (Wildman–Crippen LogP) is 3.59. The lowest BCUT2D eigenvalue weighted by Crippen LogP contribution is -2.13. The Kier molecular flexibility index (Phi) is 3.91. The van der Waals surface area contributed by atoms with Gasteiger partial charge in [-0.3, -0.25) is 0 Å². The van der Waals surface area contributed by atoms with Gasteiger partial charge in [0.2, 0.25) is 0 Å². The van der Waals surface area contributed by atoms with Crippen LogP contribution in [-0.2, 0) is 19.3 Å². The zero-order chi connectivity index (χ0) is 13.2. The average Bonchev–Trinajstić information content (AvgIpc) is 2.99. The van der Waals surface area contributed by atoms with Crippen LogP contribution in [0.1, 0.15) is 16.0 Å². The molecule has 0 saturated carbocycles. The van der Waals surface area contributed by atoms with E-state index in [0.717, 1.165) is 28.8 Å². The van der Waals surface area contributed by atoms with E-state index in [0.29, 0.717) is 12.8 Å². The van der Waals surface area contributed by atoms with E-state index in [2.05, 4.69) is 34.1 Å². The van der Waals surface area contributed by atoms with Gasteiger partial charge in [-0.1, -0.05) is 22.0 Å². The lowest BCUT2D eigenvalue weighted by atomic mass is 10.0. The molecule has 0 radical (unpaired) electrons. The quantitative estimate of drug-likeness (QED) is 0.922. The van der Waals surface area contributed by atoms with E-state index in [1.165, 1.54) is 10.4 Å². The Bertz CT molecular complexity index is 566. The van der Waals surface area contributed by atoms with Gasteiger partial charge < -0.3 is 9.84 Å². The minimum absolute atomic E-state index is 0.360. The van der Waals surface area contributed by atoms with E-state index in [1.807, 2.05) is 11.4 Å². The molecule has 1 aliphatic rings. The largest absolute Gasteiger partial charge is 0.493 e. The highest BCUT2D eigenvalue weighted by atomic mass is 79.9. The third-order valence-corrected chi connectivity index (χ3v) is 4.65. The monoisotopic (exact) mass is 338 g/mol. The summed E-state index contributed by atoms with van der Waals surface area (Å²) in [6, 6.07) is 8.25. The molecule has 2 aromatic rings. The summed E-state index contributed by atoms with van der Waals surface area (Å²) in [5, 5.41) is 12.3. The van der Waals surface area contributed by atoms with Crippen molar-refractivity contribution in [3.05, 3.63) is 50.1 Å². The SMILES string of the molecule is OC(Cc1cccs1)Cc1cc(Br)cc2c1OCC2. The van der Waals surface area contributed by atoms with Crippen LogP contribution in [0.3, 0.4) is 0 Å². The molecule has 0 bridgehead atoms. The number of benzene rings is 1. The van der Waals surface area contributed by atoms with Crippen molar-refractivity contribution in [2.75, 3.05) is 6.61 Å². The average molecular weight is 339 g/mol. The maximum atomic E-state index is 10.2. The Morgan fingerprint density at radius 3 is 3.05 bits per heavy atom. The van der Waals surface area contributed by atoms with Crippen molar-refractivity contribution in [1.29, 1.82) is 0 Å². The number of fused-ring (bicyclic) bond motifs is 1. The first-order valence-electron chi connectivity index (χ1n) is 6.37. The first-order valence-corrected chi connectivity index (χ1v) is 8.04. The van der Waals surface area contributed by atoms with Crippen LogP contribution in [0.5, 0.6) is 5.75 Å². The van der Waals surface area contributed by atoms with E-state index in [1.54, 1.807) is 11.3 Å². The molecule has 3 rings (SSSR count). The van der Waals surface area contributed by atoms with E-state index < -0.39 is 0 Å². The normalized spacial score (nSPS) is 15.1.